The second kappa shape index (κ2) is 7.61. The van der Waals surface area contributed by atoms with E-state index in [1.165, 1.54) is 16.0 Å². The first-order valence-electron chi connectivity index (χ1n) is 9.56. The number of hydrogen-bond acceptors (Lipinski definition) is 8. The van der Waals surface area contributed by atoms with Gasteiger partial charge in [-0.1, -0.05) is 35.0 Å². The van der Waals surface area contributed by atoms with Crippen LogP contribution in [-0.4, -0.2) is 30.4 Å². The Morgan fingerprint density at radius 2 is 1.88 bits per heavy atom. The van der Waals surface area contributed by atoms with Crippen LogP contribution in [0.1, 0.15) is 18.1 Å². The number of rotatable bonds is 3. The molecule has 1 aliphatic heterocycles. The molecule has 4 N–H and O–H groups in total. The van der Waals surface area contributed by atoms with E-state index >= 15 is 0 Å². The molecular formula is C22H18N4O4S2. The summed E-state index contributed by atoms with van der Waals surface area (Å²) < 4.78 is 26.4. The summed E-state index contributed by atoms with van der Waals surface area (Å²) in [6.07, 6.45) is 0. The predicted octanol–water partition coefficient (Wildman–Crippen LogP) is 4.94. The van der Waals surface area contributed by atoms with Gasteiger partial charge in [0.25, 0.3) is 5.56 Å². The Kier molecular flexibility index (Phi) is 4.86. The van der Waals surface area contributed by atoms with Crippen LogP contribution in [0.15, 0.2) is 84.5 Å². The first kappa shape index (κ1) is 20.5. The molecule has 0 amide bonds. The van der Waals surface area contributed by atoms with E-state index in [-0.39, 0.29) is 22.0 Å². The number of nitrogens with zero attached hydrogens (tertiary/aromatic N) is 3. The van der Waals surface area contributed by atoms with E-state index in [0.717, 1.165) is 5.56 Å². The van der Waals surface area contributed by atoms with Crippen LogP contribution in [0.5, 0.6) is 5.75 Å². The van der Waals surface area contributed by atoms with Crippen LogP contribution >= 0.6 is 22.1 Å². The number of nitrogens with one attached hydrogen (secondary N) is 1. The normalized spacial score (nSPS) is 16.2. The van der Waals surface area contributed by atoms with Crippen LogP contribution < -0.4 is 10.9 Å². The third kappa shape index (κ3) is 3.30. The fraction of sp³-hybridized carbons (Fsp3) is 0.0455. The molecule has 162 valence electrons. The highest BCUT2D eigenvalue weighted by Gasteiger charge is 2.30. The van der Waals surface area contributed by atoms with Gasteiger partial charge in [-0.15, -0.1) is 4.40 Å². The third-order valence-electron chi connectivity index (χ3n) is 5.11. The summed E-state index contributed by atoms with van der Waals surface area (Å²) in [6.45, 7) is 1.79. The van der Waals surface area contributed by atoms with Crippen molar-refractivity contribution >= 4 is 50.3 Å². The Morgan fingerprint density at radius 1 is 1.12 bits per heavy atom. The Bertz CT molecular complexity index is 1470. The van der Waals surface area contributed by atoms with Gasteiger partial charge in [0.15, 0.2) is 5.84 Å². The standard InChI is InChI=1S/C22H18N4O4S2/c1-13(14-10-11-31-12-14)24-26-17-8-4-2-6-15(17)20(27)19(22(26)28)21-23-16-7-3-5-9-18(16)32(29,30)25-21/h2-12,27,29-30H,1H3,(H,23,25). The van der Waals surface area contributed by atoms with Crippen molar-refractivity contribution in [2.24, 2.45) is 9.50 Å². The summed E-state index contributed by atoms with van der Waals surface area (Å²) in [5.41, 5.74) is 1.46. The summed E-state index contributed by atoms with van der Waals surface area (Å²) in [6, 6.07) is 15.3. The molecule has 3 heterocycles. The first-order chi connectivity index (χ1) is 15.4. The van der Waals surface area contributed by atoms with Crippen molar-refractivity contribution in [2.75, 3.05) is 5.32 Å². The van der Waals surface area contributed by atoms with Crippen LogP contribution in [0.3, 0.4) is 0 Å². The van der Waals surface area contributed by atoms with Gasteiger partial charge in [0.2, 0.25) is 0 Å². The second-order valence-corrected chi connectivity index (χ2v) is 9.58. The second-order valence-electron chi connectivity index (χ2n) is 7.14. The number of fused-ring (bicyclic) bond motifs is 2. The highest BCUT2D eigenvalue weighted by atomic mass is 32.3. The van der Waals surface area contributed by atoms with Crippen molar-refractivity contribution in [3.63, 3.8) is 0 Å². The highest BCUT2D eigenvalue weighted by molar-refractivity contribution is 8.23. The molecule has 10 heteroatoms. The highest BCUT2D eigenvalue weighted by Crippen LogP contribution is 2.55. The molecule has 0 fully saturated rings. The molecule has 8 nitrogen and oxygen atoms in total. The molecule has 2 aromatic heterocycles. The molecule has 1 aliphatic rings. The van der Waals surface area contributed by atoms with E-state index < -0.39 is 16.3 Å². The molecule has 0 bridgehead atoms. The van der Waals surface area contributed by atoms with Gasteiger partial charge in [-0.2, -0.15) is 21.1 Å². The average Bonchev–Trinajstić information content (AvgIpc) is 3.31. The largest absolute Gasteiger partial charge is 0.506 e. The van der Waals surface area contributed by atoms with E-state index in [4.69, 9.17) is 0 Å². The van der Waals surface area contributed by atoms with E-state index in [0.29, 0.717) is 22.3 Å². The molecule has 0 aliphatic carbocycles. The Labute approximate surface area is 188 Å². The van der Waals surface area contributed by atoms with Gasteiger partial charge >= 0.3 is 0 Å². The lowest BCUT2D eigenvalue weighted by atomic mass is 10.1. The summed E-state index contributed by atoms with van der Waals surface area (Å²) in [7, 11) is -3.57. The number of hydrogen-bond donors (Lipinski definition) is 4. The molecule has 0 unspecified atom stereocenters. The quantitative estimate of drug-likeness (QED) is 0.319. The zero-order valence-electron chi connectivity index (χ0n) is 16.8. The molecule has 0 saturated heterocycles. The van der Waals surface area contributed by atoms with Crippen molar-refractivity contribution in [1.29, 1.82) is 0 Å². The summed E-state index contributed by atoms with van der Waals surface area (Å²) >= 11 is 1.52. The van der Waals surface area contributed by atoms with Gasteiger partial charge in [-0.05, 0) is 48.0 Å². The minimum absolute atomic E-state index is 0.130. The van der Waals surface area contributed by atoms with Gasteiger partial charge in [0, 0.05) is 10.9 Å². The van der Waals surface area contributed by atoms with Crippen LogP contribution in [0.4, 0.5) is 5.69 Å². The number of aromatic hydroxyl groups is 1. The number of benzene rings is 2. The molecule has 0 atom stereocenters. The summed E-state index contributed by atoms with van der Waals surface area (Å²) in [5.74, 6) is -0.444. The number of anilines is 1. The van der Waals surface area contributed by atoms with Crippen molar-refractivity contribution in [3.8, 4) is 5.75 Å². The average molecular weight is 467 g/mol. The number of para-hydroxylation sites is 2. The maximum Gasteiger partial charge on any atom is 0.286 e. The Morgan fingerprint density at radius 3 is 2.66 bits per heavy atom. The molecule has 0 radical (unpaired) electrons. The molecule has 4 aromatic rings. The maximum absolute atomic E-state index is 13.6. The molecule has 2 aromatic carbocycles. The van der Waals surface area contributed by atoms with Gasteiger partial charge < -0.3 is 10.4 Å². The zero-order chi connectivity index (χ0) is 22.5. The van der Waals surface area contributed by atoms with Crippen LogP contribution in [0.2, 0.25) is 0 Å². The lowest BCUT2D eigenvalue weighted by Crippen LogP contribution is -2.31. The van der Waals surface area contributed by atoms with Gasteiger partial charge in [-0.25, -0.2) is 0 Å². The van der Waals surface area contributed by atoms with E-state index in [2.05, 4.69) is 14.8 Å². The SMILES string of the molecule is CC(=Nn1c(=O)c(C2=NS(O)(O)c3ccccc3N2)c(O)c2ccccc21)c1ccsc1. The van der Waals surface area contributed by atoms with Gasteiger partial charge in [0.05, 0.1) is 16.9 Å². The Hall–Kier alpha value is -3.44. The number of pyridine rings is 1. The van der Waals surface area contributed by atoms with E-state index in [1.54, 1.807) is 55.5 Å². The topological polar surface area (TPSA) is 119 Å². The van der Waals surface area contributed by atoms with Crippen LogP contribution in [0.25, 0.3) is 10.9 Å². The first-order valence-corrected chi connectivity index (χ1v) is 12.0. The molecule has 0 spiro atoms. The monoisotopic (exact) mass is 466 g/mol. The summed E-state index contributed by atoms with van der Waals surface area (Å²) in [5, 5.41) is 22.7. The smallest absolute Gasteiger partial charge is 0.286 e. The van der Waals surface area contributed by atoms with Crippen molar-refractivity contribution < 1.29 is 14.2 Å². The Balaban J connectivity index is 1.78. The predicted molar refractivity (Wildman–Crippen MR) is 130 cm³/mol. The third-order valence-corrected chi connectivity index (χ3v) is 7.18. The van der Waals surface area contributed by atoms with Crippen molar-refractivity contribution in [1.82, 2.24) is 4.68 Å². The molecular weight excluding hydrogens is 448 g/mol. The summed E-state index contributed by atoms with van der Waals surface area (Å²) in [4.78, 5) is 13.8. The zero-order valence-corrected chi connectivity index (χ0v) is 18.4. The maximum atomic E-state index is 13.6. The van der Waals surface area contributed by atoms with Gasteiger partial charge in [0.1, 0.15) is 16.2 Å². The minimum atomic E-state index is -3.57. The van der Waals surface area contributed by atoms with Crippen LogP contribution in [-0.2, 0) is 0 Å². The molecule has 32 heavy (non-hydrogen) atoms. The fourth-order valence-corrected chi connectivity index (χ4v) is 5.41. The number of thiophene rings is 1. The lowest BCUT2D eigenvalue weighted by molar-refractivity contribution is 0.478. The number of amidine groups is 1. The fourth-order valence-electron chi connectivity index (χ4n) is 3.54. The van der Waals surface area contributed by atoms with E-state index in [1.807, 2.05) is 16.8 Å². The van der Waals surface area contributed by atoms with E-state index in [9.17, 15) is 19.0 Å². The minimum Gasteiger partial charge on any atom is -0.506 e. The lowest BCUT2D eigenvalue weighted by Gasteiger charge is -2.34. The molecule has 5 rings (SSSR count). The molecule has 0 saturated carbocycles. The van der Waals surface area contributed by atoms with Gasteiger partial charge in [-0.3, -0.25) is 13.9 Å². The van der Waals surface area contributed by atoms with Crippen LogP contribution in [0, 0.1) is 0 Å². The van der Waals surface area contributed by atoms with Crippen molar-refractivity contribution in [2.45, 2.75) is 11.8 Å². The van der Waals surface area contributed by atoms with Crippen molar-refractivity contribution in [3.05, 3.63) is 86.8 Å². The number of aromatic nitrogens is 1.